The fourth-order valence-corrected chi connectivity index (χ4v) is 7.96. The topological polar surface area (TPSA) is 83.5 Å². The van der Waals surface area contributed by atoms with Crippen LogP contribution in [0.4, 0.5) is 13.2 Å². The van der Waals surface area contributed by atoms with E-state index in [2.05, 4.69) is 4.52 Å². The van der Waals surface area contributed by atoms with Gasteiger partial charge in [-0.25, -0.2) is 9.45 Å². The van der Waals surface area contributed by atoms with Crippen molar-refractivity contribution in [3.8, 4) is 5.75 Å². The lowest BCUT2D eigenvalue weighted by Crippen LogP contribution is -2.78. The van der Waals surface area contributed by atoms with Crippen molar-refractivity contribution in [3.05, 3.63) is 28.8 Å². The Hall–Kier alpha value is -0.580. The fraction of sp³-hybridized carbons (Fsp3) is 0.714. The number of phosphoric acid groups is 1. The molecule has 1 N–H and O–H groups in total. The number of rotatable bonds is 7. The van der Waals surface area contributed by atoms with Gasteiger partial charge in [-0.15, -0.1) is 11.6 Å². The minimum atomic E-state index is -4.65. The third kappa shape index (κ3) is 3.98. The molecule has 6 rings (SSSR count). The van der Waals surface area contributed by atoms with Gasteiger partial charge in [-0.2, -0.15) is 18.1 Å². The zero-order valence-corrected chi connectivity index (χ0v) is 20.3. The van der Waals surface area contributed by atoms with Gasteiger partial charge in [-0.05, 0) is 68.9 Å². The van der Waals surface area contributed by atoms with Gasteiger partial charge in [0.25, 0.3) is 5.79 Å². The lowest BCUT2D eigenvalue weighted by atomic mass is 9.46. The molecular formula is C21H24Cl2F3O7P. The van der Waals surface area contributed by atoms with Crippen molar-refractivity contribution in [2.45, 2.75) is 61.4 Å². The minimum absolute atomic E-state index is 0.0810. The number of halogens is 5. The standard InChI is InChI=1S/C21H24Cl2F3O7P/c1-2-30-34(27,28)31-17-7-13(3-4-16(17)22)21(29-11-19(24,25)26)20(32-33-21)14-5-12-6-15(20)10-18(23,8-12)9-14/h3-4,7,12,14-15H,2,5-6,8-11H2,1H3,(H,27,28)/i1D. The Morgan fingerprint density at radius 1 is 1.26 bits per heavy atom. The number of hydrogen-bond acceptors (Lipinski definition) is 6. The van der Waals surface area contributed by atoms with Crippen molar-refractivity contribution in [3.63, 3.8) is 0 Å². The van der Waals surface area contributed by atoms with Crippen LogP contribution in [-0.2, 0) is 29.4 Å². The maximum absolute atomic E-state index is 13.3. The SMILES string of the molecule is [2H]CCOP(=O)(O)Oc1cc(C2(OCC(F)(F)F)OOC23C2CC4CC3CC(Cl)(C4)C2)ccc1Cl. The molecule has 34 heavy (non-hydrogen) atoms. The quantitative estimate of drug-likeness (QED) is 0.250. The van der Waals surface area contributed by atoms with Gasteiger partial charge in [0.1, 0.15) is 6.61 Å². The third-order valence-corrected chi connectivity index (χ3v) is 9.07. The van der Waals surface area contributed by atoms with E-state index in [0.717, 1.165) is 19.3 Å². The summed E-state index contributed by atoms with van der Waals surface area (Å²) in [5, 5.41) is -0.0810. The highest BCUT2D eigenvalue weighted by molar-refractivity contribution is 7.47. The molecule has 4 aliphatic carbocycles. The number of benzene rings is 1. The van der Waals surface area contributed by atoms with E-state index in [0.29, 0.717) is 18.8 Å². The van der Waals surface area contributed by atoms with E-state index in [9.17, 15) is 22.6 Å². The molecule has 1 aromatic rings. The first-order valence-electron chi connectivity index (χ1n) is 11.5. The molecule has 5 fully saturated rings. The Balaban J connectivity index is 1.54. The molecule has 1 aliphatic heterocycles. The maximum Gasteiger partial charge on any atom is 0.527 e. The van der Waals surface area contributed by atoms with Crippen molar-refractivity contribution < 1.29 is 47.6 Å². The molecule has 1 spiro atoms. The first-order valence-corrected chi connectivity index (χ1v) is 13.1. The second kappa shape index (κ2) is 8.21. The molecule has 0 amide bonds. The highest BCUT2D eigenvalue weighted by Gasteiger charge is 2.78. The predicted molar refractivity (Wildman–Crippen MR) is 114 cm³/mol. The predicted octanol–water partition coefficient (Wildman–Crippen LogP) is 6.11. The monoisotopic (exact) mass is 547 g/mol. The van der Waals surface area contributed by atoms with Gasteiger partial charge < -0.3 is 9.26 Å². The molecule has 5 aliphatic rings. The van der Waals surface area contributed by atoms with Crippen molar-refractivity contribution in [1.82, 2.24) is 0 Å². The van der Waals surface area contributed by atoms with Crippen LogP contribution in [0.5, 0.6) is 5.75 Å². The van der Waals surface area contributed by atoms with E-state index in [1.165, 1.54) is 18.2 Å². The van der Waals surface area contributed by atoms with Crippen LogP contribution in [0.1, 0.15) is 45.9 Å². The van der Waals surface area contributed by atoms with Crippen molar-refractivity contribution >= 4 is 31.0 Å². The number of phosphoric ester groups is 1. The first kappa shape index (κ1) is 23.8. The van der Waals surface area contributed by atoms with Crippen molar-refractivity contribution in [2.75, 3.05) is 13.2 Å². The van der Waals surface area contributed by atoms with Crippen molar-refractivity contribution in [2.24, 2.45) is 17.8 Å². The van der Waals surface area contributed by atoms with Crippen LogP contribution in [0, 0.1) is 17.8 Å². The second-order valence-electron chi connectivity index (χ2n) is 9.51. The lowest BCUT2D eigenvalue weighted by molar-refractivity contribution is -0.650. The maximum atomic E-state index is 13.3. The second-order valence-corrected chi connectivity index (χ2v) is 12.1. The first-order chi connectivity index (χ1) is 16.3. The smallest absolute Gasteiger partial charge is 0.403 e. The van der Waals surface area contributed by atoms with E-state index in [-0.39, 0.29) is 41.7 Å². The molecule has 4 bridgehead atoms. The zero-order chi connectivity index (χ0) is 25.3. The summed E-state index contributed by atoms with van der Waals surface area (Å²) in [5.74, 6) is -2.34. The summed E-state index contributed by atoms with van der Waals surface area (Å²) in [7, 11) is -4.65. The Labute approximate surface area is 205 Å². The van der Waals surface area contributed by atoms with Gasteiger partial charge in [0.15, 0.2) is 11.4 Å². The summed E-state index contributed by atoms with van der Waals surface area (Å²) < 4.78 is 74.6. The molecule has 0 aromatic heterocycles. The molecule has 7 nitrogen and oxygen atoms in total. The van der Waals surface area contributed by atoms with Crippen LogP contribution in [0.2, 0.25) is 5.02 Å². The zero-order valence-electron chi connectivity index (χ0n) is 18.9. The van der Waals surface area contributed by atoms with Crippen LogP contribution in [0.25, 0.3) is 0 Å². The third-order valence-electron chi connectivity index (χ3n) is 7.36. The molecule has 0 radical (unpaired) electrons. The van der Waals surface area contributed by atoms with Crippen LogP contribution < -0.4 is 4.52 Å². The lowest BCUT2D eigenvalue weighted by Gasteiger charge is -2.70. The molecule has 1 saturated heterocycles. The number of ether oxygens (including phenoxy) is 1. The van der Waals surface area contributed by atoms with Gasteiger partial charge in [0.2, 0.25) is 0 Å². The molecule has 4 atom stereocenters. The van der Waals surface area contributed by atoms with Gasteiger partial charge in [-0.1, -0.05) is 17.7 Å². The number of alkyl halides is 4. The van der Waals surface area contributed by atoms with E-state index < -0.39 is 36.9 Å². The Bertz CT molecular complexity index is 1030. The van der Waals surface area contributed by atoms with E-state index >= 15 is 0 Å². The summed E-state index contributed by atoms with van der Waals surface area (Å²) in [6, 6.07) is 3.94. The van der Waals surface area contributed by atoms with E-state index in [1.807, 2.05) is 0 Å². The normalized spacial score (nSPS) is 40.6. The molecule has 190 valence electrons. The molecule has 4 unspecified atom stereocenters. The van der Waals surface area contributed by atoms with Crippen LogP contribution >= 0.6 is 31.0 Å². The van der Waals surface area contributed by atoms with Gasteiger partial charge in [0, 0.05) is 11.8 Å². The Kier molecular flexibility index (Phi) is 5.75. The van der Waals surface area contributed by atoms with Gasteiger partial charge in [0.05, 0.1) is 11.6 Å². The average Bonchev–Trinajstić information content (AvgIpc) is 2.72. The van der Waals surface area contributed by atoms with E-state index in [1.54, 1.807) is 0 Å². The van der Waals surface area contributed by atoms with Crippen LogP contribution in [0.15, 0.2) is 18.2 Å². The summed E-state index contributed by atoms with van der Waals surface area (Å²) >= 11 is 13.0. The summed E-state index contributed by atoms with van der Waals surface area (Å²) in [6.07, 6.45) is -1.26. The largest absolute Gasteiger partial charge is 0.527 e. The number of hydrogen-bond donors (Lipinski definition) is 1. The fourth-order valence-electron chi connectivity index (χ4n) is 6.48. The molecule has 1 heterocycles. The summed E-state index contributed by atoms with van der Waals surface area (Å²) in [6.45, 7) is -2.25. The Morgan fingerprint density at radius 3 is 2.53 bits per heavy atom. The molecule has 13 heteroatoms. The van der Waals surface area contributed by atoms with Crippen LogP contribution in [-0.4, -0.2) is 34.8 Å². The molecule has 1 aromatic carbocycles. The average molecular weight is 548 g/mol. The van der Waals surface area contributed by atoms with Crippen molar-refractivity contribution in [1.29, 1.82) is 0 Å². The molecule has 4 saturated carbocycles. The summed E-state index contributed by atoms with van der Waals surface area (Å²) in [5.41, 5.74) is -1.12. The van der Waals surface area contributed by atoms with Crippen LogP contribution in [0.3, 0.4) is 0 Å². The Morgan fingerprint density at radius 2 is 1.97 bits per heavy atom. The summed E-state index contributed by atoms with van der Waals surface area (Å²) in [4.78, 5) is 20.7. The molecular weight excluding hydrogens is 523 g/mol. The van der Waals surface area contributed by atoms with Gasteiger partial charge in [-0.3, -0.25) is 9.42 Å². The van der Waals surface area contributed by atoms with Gasteiger partial charge >= 0.3 is 14.0 Å². The van der Waals surface area contributed by atoms with E-state index in [4.69, 9.17) is 43.6 Å². The minimum Gasteiger partial charge on any atom is -0.403 e. The highest BCUT2D eigenvalue weighted by Crippen LogP contribution is 2.71. The highest BCUT2D eigenvalue weighted by atomic mass is 35.5.